The van der Waals surface area contributed by atoms with Crippen molar-refractivity contribution >= 4 is 27.3 Å². The van der Waals surface area contributed by atoms with Crippen molar-refractivity contribution in [3.8, 4) is 0 Å². The van der Waals surface area contributed by atoms with Crippen LogP contribution < -0.4 is 0 Å². The summed E-state index contributed by atoms with van der Waals surface area (Å²) < 4.78 is 0. The van der Waals surface area contributed by atoms with Gasteiger partial charge in [-0.25, -0.2) is 0 Å². The second-order valence-electron chi connectivity index (χ2n) is 0.224. The fourth-order valence-electron chi connectivity index (χ4n) is 0. The first-order chi connectivity index (χ1) is 1.73. The van der Waals surface area contributed by atoms with E-state index in [1.165, 1.54) is 0 Å². The molecule has 0 atom stereocenters. The summed E-state index contributed by atoms with van der Waals surface area (Å²) in [4.78, 5) is 8.25. The Morgan fingerprint density at radius 2 is 1.33 bits per heavy atom. The monoisotopic (exact) mass is 469 g/mol. The van der Waals surface area contributed by atoms with E-state index >= 15 is 0 Å². The summed E-state index contributed by atoms with van der Waals surface area (Å²) in [6.07, 6.45) is 0. The number of hydrogen-bond acceptors (Lipinski definition) is 3. The largest absolute Gasteiger partial charge is 0.356 e. The maximum absolute atomic E-state index is 8.25. The van der Waals surface area contributed by atoms with Gasteiger partial charge in [0, 0.05) is 55.0 Å². The fraction of sp³-hybridized carbons (Fsp3) is 0. The minimum absolute atomic E-state index is 0. The van der Waals surface area contributed by atoms with Gasteiger partial charge in [-0.05, 0) is 0 Å². The van der Waals surface area contributed by atoms with Crippen LogP contribution in [-0.2, 0) is 27.7 Å². The van der Waals surface area contributed by atoms with Crippen molar-refractivity contribution in [2.24, 2.45) is 0 Å². The summed E-state index contributed by atoms with van der Waals surface area (Å²) in [5.41, 5.74) is 0. The summed E-state index contributed by atoms with van der Waals surface area (Å²) in [5.74, 6) is 0. The topological polar surface area (TPSA) is 66.2 Å². The van der Waals surface area contributed by atoms with Crippen molar-refractivity contribution < 1.29 is 32.8 Å². The van der Waals surface area contributed by atoms with Gasteiger partial charge in [-0.3, -0.25) is 0 Å². The van der Waals surface area contributed by atoms with Crippen LogP contribution in [0.4, 0.5) is 0 Å². The Morgan fingerprint density at radius 3 is 1.33 bits per heavy atom. The minimum atomic E-state index is -1.75. The van der Waals surface area contributed by atoms with Crippen LogP contribution in [0.5, 0.6) is 0 Å². The molecule has 0 saturated carbocycles. The first-order valence-corrected chi connectivity index (χ1v) is 0.548. The second-order valence-corrected chi connectivity index (χ2v) is 0.224. The molecule has 0 aliphatic rings. The predicted molar refractivity (Wildman–Crippen MR) is 16.1 cm³/mol. The van der Waals surface area contributed by atoms with Crippen molar-refractivity contribution in [1.82, 2.24) is 0 Å². The summed E-state index contributed by atoms with van der Waals surface area (Å²) in [6.45, 7) is 0. The van der Waals surface area contributed by atoms with E-state index in [9.17, 15) is 0 Å². The molecular weight excluding hydrogens is 467 g/mol. The molecule has 0 spiro atoms. The van der Waals surface area contributed by atoms with E-state index in [-0.39, 0.29) is 55.0 Å². The van der Waals surface area contributed by atoms with Crippen LogP contribution in [-0.4, -0.2) is 32.4 Å². The first kappa shape index (κ1) is 15.7. The van der Waals surface area contributed by atoms with Gasteiger partial charge in [-0.15, -0.1) is 0 Å². The molecule has 0 N–H and O–H groups in total. The zero-order valence-corrected chi connectivity index (χ0v) is 12.9. The van der Waals surface area contributed by atoms with Crippen molar-refractivity contribution in [3.05, 3.63) is 15.3 Å². The predicted octanol–water partition coefficient (Wildman–Crippen LogP) is -0.622. The quantitative estimate of drug-likeness (QED) is 0.271. The molecule has 0 aliphatic carbocycles. The third kappa shape index (κ3) is 74.5. The maximum Gasteiger partial charge on any atom is 0.0689 e. The SMILES string of the molecule is O=[N+]([O-])[O-].[Hg].[Tl]. The van der Waals surface area contributed by atoms with Gasteiger partial charge in [-0.2, -0.15) is 0 Å². The average molecular weight is 467 g/mol. The van der Waals surface area contributed by atoms with Crippen LogP contribution >= 0.6 is 0 Å². The van der Waals surface area contributed by atoms with Crippen LogP contribution in [0.1, 0.15) is 0 Å². The molecule has 0 unspecified atom stereocenters. The second kappa shape index (κ2) is 9.41. The van der Waals surface area contributed by atoms with E-state index in [0.29, 0.717) is 0 Å². The molecule has 0 aliphatic heterocycles. The summed E-state index contributed by atoms with van der Waals surface area (Å²) in [7, 11) is 0. The van der Waals surface area contributed by atoms with Crippen LogP contribution in [0.2, 0.25) is 0 Å². The van der Waals surface area contributed by atoms with E-state index in [4.69, 9.17) is 15.3 Å². The Hall–Kier alpha value is 1.06. The van der Waals surface area contributed by atoms with Gasteiger partial charge < -0.3 is 15.3 Å². The molecule has 1 radical (unpaired) electrons. The molecule has 0 bridgehead atoms. The number of rotatable bonds is 0. The molecule has 4 nitrogen and oxygen atoms in total. The summed E-state index contributed by atoms with van der Waals surface area (Å²) >= 11 is 0. The molecule has 0 amide bonds. The maximum atomic E-state index is 8.25. The van der Waals surface area contributed by atoms with Gasteiger partial charge in [0.25, 0.3) is 0 Å². The molecule has 29 valence electrons. The molecule has 0 rings (SSSR count). The van der Waals surface area contributed by atoms with E-state index in [1.807, 2.05) is 0 Å². The average Bonchev–Trinajstić information content (AvgIpc) is 0.811. The Labute approximate surface area is 74.7 Å². The van der Waals surface area contributed by atoms with E-state index in [1.54, 1.807) is 0 Å². The van der Waals surface area contributed by atoms with Crippen LogP contribution in [0, 0.1) is 15.3 Å². The van der Waals surface area contributed by atoms with Gasteiger partial charge in [0.1, 0.15) is 0 Å². The normalized spacial score (nSPS) is 4.00. The molecule has 0 heterocycles. The van der Waals surface area contributed by atoms with E-state index in [0.717, 1.165) is 0 Å². The van der Waals surface area contributed by atoms with Gasteiger partial charge in [-0.1, -0.05) is 0 Å². The Balaban J connectivity index is -0.0000000450. The van der Waals surface area contributed by atoms with E-state index in [2.05, 4.69) is 0 Å². The summed E-state index contributed by atoms with van der Waals surface area (Å²) in [6, 6.07) is 0. The zero-order valence-electron chi connectivity index (χ0n) is 2.96. The van der Waals surface area contributed by atoms with Gasteiger partial charge in [0.15, 0.2) is 0 Å². The minimum Gasteiger partial charge on any atom is -0.356 e. The molecule has 0 saturated heterocycles. The van der Waals surface area contributed by atoms with Crippen LogP contribution in [0.3, 0.4) is 0 Å². The Morgan fingerprint density at radius 1 is 1.33 bits per heavy atom. The Bertz CT molecular complexity index is 33.8. The molecule has 0 fully saturated rings. The fourth-order valence-corrected chi connectivity index (χ4v) is 0. The van der Waals surface area contributed by atoms with Crippen molar-refractivity contribution in [2.45, 2.75) is 0 Å². The third-order valence-corrected chi connectivity index (χ3v) is 0. The number of hydrogen-bond donors (Lipinski definition) is 0. The summed E-state index contributed by atoms with van der Waals surface area (Å²) in [5, 5.41) is 14.8. The molecule has 6 heavy (non-hydrogen) atoms. The van der Waals surface area contributed by atoms with Crippen LogP contribution in [0.15, 0.2) is 0 Å². The van der Waals surface area contributed by atoms with Gasteiger partial charge >= 0.3 is 0 Å². The standard InChI is InChI=1S/Hg.NO3.Tl/c;2-1(3)4;/q;-1;. The smallest absolute Gasteiger partial charge is 0.0689 e. The molecule has 0 aromatic heterocycles. The molecular formula is HgNO3Tl-. The third-order valence-electron chi connectivity index (χ3n) is 0. The molecule has 0 aromatic rings. The van der Waals surface area contributed by atoms with Crippen molar-refractivity contribution in [2.75, 3.05) is 0 Å². The molecule has 0 aromatic carbocycles. The van der Waals surface area contributed by atoms with E-state index < -0.39 is 5.09 Å². The molecule has 6 heteroatoms. The first-order valence-electron chi connectivity index (χ1n) is 0.548. The van der Waals surface area contributed by atoms with Crippen LogP contribution in [0.25, 0.3) is 0 Å². The van der Waals surface area contributed by atoms with Gasteiger partial charge in [0.05, 0.1) is 5.09 Å². The van der Waals surface area contributed by atoms with Gasteiger partial charge in [0.2, 0.25) is 0 Å². The zero-order chi connectivity index (χ0) is 3.58. The van der Waals surface area contributed by atoms with Crippen molar-refractivity contribution in [3.63, 3.8) is 0 Å². The number of nitrogens with zero attached hydrogens (tertiary/aromatic N) is 1. The van der Waals surface area contributed by atoms with Crippen molar-refractivity contribution in [1.29, 1.82) is 0 Å². The Kier molecular flexibility index (Phi) is 24.7.